The van der Waals surface area contributed by atoms with Crippen LogP contribution in [0.15, 0.2) is 0 Å². The van der Waals surface area contributed by atoms with Gasteiger partial charge in [-0.3, -0.25) is 4.79 Å². The quantitative estimate of drug-likeness (QED) is 0.549. The Balaban J connectivity index is 2.49. The summed E-state index contributed by atoms with van der Waals surface area (Å²) in [6.45, 7) is 2.10. The molecule has 0 aromatic carbocycles. The van der Waals surface area contributed by atoms with Gasteiger partial charge in [0, 0.05) is 39.8 Å². The molecule has 0 amide bonds. The van der Waals surface area contributed by atoms with Gasteiger partial charge in [-0.1, -0.05) is 0 Å². The molecule has 1 saturated heterocycles. The predicted octanol–water partition coefficient (Wildman–Crippen LogP) is -0.595. The molecule has 124 valence electrons. The second kappa shape index (κ2) is 7.50. The summed E-state index contributed by atoms with van der Waals surface area (Å²) in [5.41, 5.74) is -1.19. The van der Waals surface area contributed by atoms with Gasteiger partial charge < -0.3 is 14.9 Å². The second-order valence-electron chi connectivity index (χ2n) is 5.58. The zero-order valence-electron chi connectivity index (χ0n) is 12.4. The molecule has 1 rings (SSSR count). The van der Waals surface area contributed by atoms with Gasteiger partial charge >= 0.3 is 5.97 Å². The van der Waals surface area contributed by atoms with Crippen LogP contribution in [0.5, 0.6) is 0 Å². The number of aliphatic hydroxyl groups is 1. The number of ether oxygens (including phenoxy) is 1. The van der Waals surface area contributed by atoms with Crippen LogP contribution in [0.25, 0.3) is 0 Å². The highest BCUT2D eigenvalue weighted by Gasteiger charge is 2.32. The van der Waals surface area contributed by atoms with Crippen molar-refractivity contribution in [1.82, 2.24) is 9.03 Å². The van der Waals surface area contributed by atoms with E-state index in [-0.39, 0.29) is 19.6 Å². The number of hydrogen-bond acceptors (Lipinski definition) is 5. The molecule has 1 aliphatic rings. The molecule has 0 aromatic rings. The fourth-order valence-electron chi connectivity index (χ4n) is 2.09. The summed E-state index contributed by atoms with van der Waals surface area (Å²) >= 11 is 0. The molecule has 1 fully saturated rings. The van der Waals surface area contributed by atoms with Gasteiger partial charge in [-0.05, 0) is 19.8 Å². The predicted molar refractivity (Wildman–Crippen MR) is 76.0 cm³/mol. The van der Waals surface area contributed by atoms with Gasteiger partial charge in [0.2, 0.25) is 0 Å². The second-order valence-corrected chi connectivity index (χ2v) is 7.33. The monoisotopic (exact) mass is 324 g/mol. The first-order valence-corrected chi connectivity index (χ1v) is 8.31. The van der Waals surface area contributed by atoms with Crippen LogP contribution in [0.1, 0.15) is 26.2 Å². The standard InChI is InChI=1S/C12H24N2O6S/c1-12(17,5-8-20-2)9-13-21(18,19)14-6-3-10(4-7-14)11(15)16/h10,13,17H,3-9H2,1-2H3,(H,15,16). The van der Waals surface area contributed by atoms with Crippen LogP contribution in [-0.4, -0.2) is 67.9 Å². The van der Waals surface area contributed by atoms with Crippen molar-refractivity contribution in [1.29, 1.82) is 0 Å². The summed E-state index contributed by atoms with van der Waals surface area (Å²) in [6, 6.07) is 0. The van der Waals surface area contributed by atoms with E-state index >= 15 is 0 Å². The van der Waals surface area contributed by atoms with Crippen molar-refractivity contribution in [3.63, 3.8) is 0 Å². The molecule has 0 bridgehead atoms. The lowest BCUT2D eigenvalue weighted by Gasteiger charge is -2.31. The van der Waals surface area contributed by atoms with E-state index in [0.717, 1.165) is 0 Å². The van der Waals surface area contributed by atoms with Crippen molar-refractivity contribution < 1.29 is 28.2 Å². The Morgan fingerprint density at radius 1 is 1.43 bits per heavy atom. The Bertz CT molecular complexity index is 443. The molecule has 0 spiro atoms. The molecule has 8 nitrogen and oxygen atoms in total. The number of carbonyl (C=O) groups is 1. The molecule has 21 heavy (non-hydrogen) atoms. The number of nitrogens with one attached hydrogen (secondary N) is 1. The number of carboxylic acid groups (broad SMARTS) is 1. The first-order chi connectivity index (χ1) is 9.68. The van der Waals surface area contributed by atoms with Crippen LogP contribution in [0.2, 0.25) is 0 Å². The van der Waals surface area contributed by atoms with Gasteiger partial charge in [-0.15, -0.1) is 0 Å². The van der Waals surface area contributed by atoms with Crippen LogP contribution in [-0.2, 0) is 19.7 Å². The first kappa shape index (κ1) is 18.3. The van der Waals surface area contributed by atoms with Crippen molar-refractivity contribution in [2.24, 2.45) is 5.92 Å². The van der Waals surface area contributed by atoms with E-state index in [4.69, 9.17) is 9.84 Å². The molecule has 1 heterocycles. The Morgan fingerprint density at radius 2 is 2.00 bits per heavy atom. The van der Waals surface area contributed by atoms with Gasteiger partial charge in [-0.2, -0.15) is 17.4 Å². The molecular formula is C12H24N2O6S. The Morgan fingerprint density at radius 3 is 2.48 bits per heavy atom. The Kier molecular flexibility index (Phi) is 6.54. The number of rotatable bonds is 8. The highest BCUT2D eigenvalue weighted by Crippen LogP contribution is 2.19. The summed E-state index contributed by atoms with van der Waals surface area (Å²) in [6.07, 6.45) is 0.916. The molecule has 1 unspecified atom stereocenters. The van der Waals surface area contributed by atoms with Gasteiger partial charge in [0.05, 0.1) is 11.5 Å². The van der Waals surface area contributed by atoms with Crippen molar-refractivity contribution in [3.8, 4) is 0 Å². The minimum absolute atomic E-state index is 0.114. The van der Waals surface area contributed by atoms with Crippen molar-refractivity contribution >= 4 is 16.2 Å². The molecular weight excluding hydrogens is 300 g/mol. The smallest absolute Gasteiger partial charge is 0.306 e. The average molecular weight is 324 g/mol. The lowest BCUT2D eigenvalue weighted by molar-refractivity contribution is -0.142. The summed E-state index contributed by atoms with van der Waals surface area (Å²) in [7, 11) is -2.19. The molecule has 0 aliphatic carbocycles. The molecule has 3 N–H and O–H groups in total. The van der Waals surface area contributed by atoms with Crippen LogP contribution in [0.4, 0.5) is 0 Å². The maximum absolute atomic E-state index is 12.1. The van der Waals surface area contributed by atoms with E-state index in [9.17, 15) is 18.3 Å². The normalized spacial score (nSPS) is 21.1. The number of nitrogens with zero attached hydrogens (tertiary/aromatic N) is 1. The maximum Gasteiger partial charge on any atom is 0.306 e. The zero-order valence-corrected chi connectivity index (χ0v) is 13.2. The van der Waals surface area contributed by atoms with Crippen molar-refractivity contribution in [2.45, 2.75) is 31.8 Å². The number of aliphatic carboxylic acids is 1. The van der Waals surface area contributed by atoms with Crippen LogP contribution < -0.4 is 4.72 Å². The van der Waals surface area contributed by atoms with Crippen molar-refractivity contribution in [3.05, 3.63) is 0 Å². The fraction of sp³-hybridized carbons (Fsp3) is 0.917. The third-order valence-electron chi connectivity index (χ3n) is 3.62. The van der Waals surface area contributed by atoms with Gasteiger partial charge in [0.15, 0.2) is 0 Å². The zero-order chi connectivity index (χ0) is 16.1. The highest BCUT2D eigenvalue weighted by atomic mass is 32.2. The minimum Gasteiger partial charge on any atom is -0.481 e. The van der Waals surface area contributed by atoms with Gasteiger partial charge in [-0.25, -0.2) is 0 Å². The van der Waals surface area contributed by atoms with Crippen molar-refractivity contribution in [2.75, 3.05) is 33.4 Å². The van der Waals surface area contributed by atoms with E-state index in [1.807, 2.05) is 0 Å². The average Bonchev–Trinajstić information content (AvgIpc) is 2.43. The summed E-state index contributed by atoms with van der Waals surface area (Å²) in [5, 5.41) is 18.9. The lowest BCUT2D eigenvalue weighted by Crippen LogP contribution is -2.50. The number of hydrogen-bond donors (Lipinski definition) is 3. The molecule has 9 heteroatoms. The minimum atomic E-state index is -3.70. The number of carboxylic acids is 1. The van der Waals surface area contributed by atoms with Gasteiger partial charge in [0.1, 0.15) is 0 Å². The van der Waals surface area contributed by atoms with E-state index in [2.05, 4.69) is 4.72 Å². The maximum atomic E-state index is 12.1. The van der Waals surface area contributed by atoms with Crippen LogP contribution >= 0.6 is 0 Å². The summed E-state index contributed by atoms with van der Waals surface area (Å²) in [4.78, 5) is 10.8. The van der Waals surface area contributed by atoms with Crippen LogP contribution in [0.3, 0.4) is 0 Å². The highest BCUT2D eigenvalue weighted by molar-refractivity contribution is 7.87. The third-order valence-corrected chi connectivity index (χ3v) is 5.18. The lowest BCUT2D eigenvalue weighted by atomic mass is 9.99. The topological polar surface area (TPSA) is 116 Å². The molecule has 1 aliphatic heterocycles. The molecule has 0 radical (unpaired) electrons. The Hall–Kier alpha value is -0.740. The summed E-state index contributed by atoms with van der Waals surface area (Å²) < 4.78 is 32.7. The Labute approximate surface area is 125 Å². The molecule has 0 aromatic heterocycles. The summed E-state index contributed by atoms with van der Waals surface area (Å²) in [5.74, 6) is -1.37. The first-order valence-electron chi connectivity index (χ1n) is 6.87. The number of methoxy groups -OCH3 is 1. The fourth-order valence-corrected chi connectivity index (χ4v) is 3.46. The van der Waals surface area contributed by atoms with Crippen LogP contribution in [0, 0.1) is 5.92 Å². The van der Waals surface area contributed by atoms with Gasteiger partial charge in [0.25, 0.3) is 10.2 Å². The SMILES string of the molecule is COCCC(C)(O)CNS(=O)(=O)N1CCC(C(=O)O)CC1. The largest absolute Gasteiger partial charge is 0.481 e. The molecule has 1 atom stereocenters. The van der Waals surface area contributed by atoms with E-state index in [1.54, 1.807) is 0 Å². The number of piperidine rings is 1. The third kappa shape index (κ3) is 5.87. The van der Waals surface area contributed by atoms with E-state index in [0.29, 0.717) is 25.9 Å². The van der Waals surface area contributed by atoms with E-state index in [1.165, 1.54) is 18.3 Å². The molecule has 0 saturated carbocycles. The van der Waals surface area contributed by atoms with E-state index < -0.39 is 27.7 Å².